The number of nitrogens with zero attached hydrogens (tertiary/aromatic N) is 2. The molecule has 0 bridgehead atoms. The smallest absolute Gasteiger partial charge is 0.274 e. The molecule has 0 atom stereocenters. The molecule has 2 aromatic heterocycles. The first kappa shape index (κ1) is 23.2. The van der Waals surface area contributed by atoms with Crippen molar-refractivity contribution in [3.8, 4) is 5.69 Å². The van der Waals surface area contributed by atoms with Crippen LogP contribution in [0.5, 0.6) is 0 Å². The van der Waals surface area contributed by atoms with E-state index in [9.17, 15) is 19.7 Å². The molecule has 9 heteroatoms. The second-order valence-electron chi connectivity index (χ2n) is 7.42. The van der Waals surface area contributed by atoms with Gasteiger partial charge in [-0.15, -0.1) is 0 Å². The summed E-state index contributed by atoms with van der Waals surface area (Å²) in [6.45, 7) is 1.67. The van der Waals surface area contributed by atoms with Crippen LogP contribution in [-0.4, -0.2) is 27.0 Å². The van der Waals surface area contributed by atoms with E-state index in [4.69, 9.17) is 23.2 Å². The Balaban J connectivity index is 0.000000192. The van der Waals surface area contributed by atoms with Gasteiger partial charge in [0, 0.05) is 27.9 Å². The number of carbonyl (C=O) groups excluding carboxylic acids is 2. The molecule has 0 aliphatic carbocycles. The summed E-state index contributed by atoms with van der Waals surface area (Å²) in [7, 11) is 0. The van der Waals surface area contributed by atoms with Gasteiger partial charge in [0.05, 0.1) is 27.3 Å². The van der Waals surface area contributed by atoms with Crippen LogP contribution in [0.15, 0.2) is 66.7 Å². The highest BCUT2D eigenvalue weighted by molar-refractivity contribution is 6.35. The number of H-pyrrole nitrogens is 1. The summed E-state index contributed by atoms with van der Waals surface area (Å²) >= 11 is 12.1. The topological polar surface area (TPSA) is 98.0 Å². The lowest BCUT2D eigenvalue weighted by Gasteiger charge is -2.08. The number of nitro groups is 1. The molecular weight excluding hydrogens is 477 g/mol. The minimum absolute atomic E-state index is 0.0130. The quantitative estimate of drug-likeness (QED) is 0.166. The highest BCUT2D eigenvalue weighted by atomic mass is 35.5. The van der Waals surface area contributed by atoms with E-state index in [0.29, 0.717) is 39.2 Å². The van der Waals surface area contributed by atoms with E-state index in [1.54, 1.807) is 29.7 Å². The average Bonchev–Trinajstić information content (AvgIpc) is 3.31. The molecule has 0 amide bonds. The maximum absolute atomic E-state index is 11.3. The second-order valence-corrected chi connectivity index (χ2v) is 8.15. The van der Waals surface area contributed by atoms with Gasteiger partial charge < -0.3 is 4.98 Å². The number of benzene rings is 3. The third kappa shape index (κ3) is 4.07. The molecule has 3 aromatic carbocycles. The molecule has 0 aliphatic heterocycles. The van der Waals surface area contributed by atoms with Crippen molar-refractivity contribution in [2.45, 2.75) is 6.92 Å². The second kappa shape index (κ2) is 9.51. The number of aromatic nitrogens is 2. The first-order valence-corrected chi connectivity index (χ1v) is 10.8. The van der Waals surface area contributed by atoms with E-state index in [1.807, 2.05) is 42.5 Å². The van der Waals surface area contributed by atoms with E-state index in [0.717, 1.165) is 22.7 Å². The van der Waals surface area contributed by atoms with Crippen molar-refractivity contribution < 1.29 is 14.5 Å². The fraction of sp³-hybridized carbons (Fsp3) is 0.0400. The maximum Gasteiger partial charge on any atom is 0.274 e. The van der Waals surface area contributed by atoms with Crippen LogP contribution in [0.25, 0.3) is 27.5 Å². The number of para-hydroxylation sites is 2. The Kier molecular flexibility index (Phi) is 6.49. The Hall–Kier alpha value is -3.94. The predicted molar refractivity (Wildman–Crippen MR) is 134 cm³/mol. The minimum Gasteiger partial charge on any atom is -0.345 e. The average molecular weight is 494 g/mol. The molecular formula is C25H17Cl2N3O4. The number of aryl methyl sites for hydroxylation is 1. The number of fused-ring (bicyclic) bond motifs is 2. The van der Waals surface area contributed by atoms with Crippen molar-refractivity contribution in [2.75, 3.05) is 0 Å². The summed E-state index contributed by atoms with van der Waals surface area (Å²) in [6.07, 6.45) is 1.46. The number of hydrogen-bond donors (Lipinski definition) is 1. The van der Waals surface area contributed by atoms with Crippen LogP contribution in [0.3, 0.4) is 0 Å². The third-order valence-electron chi connectivity index (χ3n) is 5.44. The van der Waals surface area contributed by atoms with Crippen LogP contribution >= 0.6 is 23.2 Å². The summed E-state index contributed by atoms with van der Waals surface area (Å²) in [5, 5.41) is 13.4. The number of aldehydes is 2. The van der Waals surface area contributed by atoms with Crippen LogP contribution in [0.4, 0.5) is 5.69 Å². The normalized spacial score (nSPS) is 10.7. The molecule has 0 saturated heterocycles. The van der Waals surface area contributed by atoms with Gasteiger partial charge in [-0.05, 0) is 25.1 Å². The molecule has 170 valence electrons. The van der Waals surface area contributed by atoms with Crippen molar-refractivity contribution in [3.05, 3.63) is 104 Å². The van der Waals surface area contributed by atoms with Crippen LogP contribution in [0.2, 0.25) is 10.3 Å². The lowest BCUT2D eigenvalue weighted by Crippen LogP contribution is -1.98. The van der Waals surface area contributed by atoms with Gasteiger partial charge in [0.25, 0.3) is 5.69 Å². The van der Waals surface area contributed by atoms with Crippen LogP contribution in [0.1, 0.15) is 26.3 Å². The van der Waals surface area contributed by atoms with E-state index < -0.39 is 4.92 Å². The zero-order valence-corrected chi connectivity index (χ0v) is 19.3. The molecule has 34 heavy (non-hydrogen) atoms. The Morgan fingerprint density at radius 2 is 1.56 bits per heavy atom. The standard InChI is InChI=1S/C16H11ClN2O3.C9H6ClNO/c1-10-6-7-11(8-15(10)19(21)22)18-14-5-3-2-4-12(14)13(9-20)16(18)17;10-9-7(5-12)6-3-1-2-4-8(6)11-9/h2-9H,1H3;1-5,11H. The molecule has 5 aromatic rings. The van der Waals surface area contributed by atoms with Crippen molar-refractivity contribution >= 4 is 63.3 Å². The summed E-state index contributed by atoms with van der Waals surface area (Å²) < 4.78 is 1.65. The first-order valence-electron chi connectivity index (χ1n) is 10.1. The Bertz CT molecular complexity index is 1570. The van der Waals surface area contributed by atoms with Gasteiger partial charge in [-0.25, -0.2) is 0 Å². The number of hydrogen-bond acceptors (Lipinski definition) is 4. The lowest BCUT2D eigenvalue weighted by atomic mass is 10.2. The number of aromatic amines is 1. The van der Waals surface area contributed by atoms with Crippen LogP contribution < -0.4 is 0 Å². The van der Waals surface area contributed by atoms with E-state index in [2.05, 4.69) is 4.98 Å². The molecule has 0 saturated carbocycles. The number of carbonyl (C=O) groups is 2. The van der Waals surface area contributed by atoms with Crippen molar-refractivity contribution in [2.24, 2.45) is 0 Å². The molecule has 0 unspecified atom stereocenters. The third-order valence-corrected chi connectivity index (χ3v) is 6.11. The van der Waals surface area contributed by atoms with E-state index >= 15 is 0 Å². The molecule has 0 radical (unpaired) electrons. The monoisotopic (exact) mass is 493 g/mol. The van der Waals surface area contributed by atoms with Crippen molar-refractivity contribution in [1.82, 2.24) is 9.55 Å². The van der Waals surface area contributed by atoms with Gasteiger partial charge >= 0.3 is 0 Å². The van der Waals surface area contributed by atoms with Gasteiger partial charge in [0.2, 0.25) is 0 Å². The van der Waals surface area contributed by atoms with Gasteiger partial charge in [0.1, 0.15) is 10.3 Å². The van der Waals surface area contributed by atoms with Gasteiger partial charge in [-0.1, -0.05) is 65.7 Å². The molecule has 5 rings (SSSR count). The minimum atomic E-state index is -0.431. The highest BCUT2D eigenvalue weighted by Gasteiger charge is 2.19. The lowest BCUT2D eigenvalue weighted by molar-refractivity contribution is -0.385. The van der Waals surface area contributed by atoms with E-state index in [-0.39, 0.29) is 10.8 Å². The Labute approximate surface area is 203 Å². The Morgan fingerprint density at radius 3 is 2.24 bits per heavy atom. The maximum atomic E-state index is 11.3. The van der Waals surface area contributed by atoms with Crippen LogP contribution in [-0.2, 0) is 0 Å². The number of rotatable bonds is 4. The fourth-order valence-electron chi connectivity index (χ4n) is 3.78. The summed E-state index contributed by atoms with van der Waals surface area (Å²) in [4.78, 5) is 35.5. The number of nitrogens with one attached hydrogen (secondary N) is 1. The molecule has 2 heterocycles. The zero-order chi connectivity index (χ0) is 24.4. The molecule has 1 N–H and O–H groups in total. The molecule has 0 fully saturated rings. The largest absolute Gasteiger partial charge is 0.345 e. The van der Waals surface area contributed by atoms with Gasteiger partial charge in [-0.3, -0.25) is 24.3 Å². The molecule has 7 nitrogen and oxygen atoms in total. The first-order chi connectivity index (χ1) is 16.4. The molecule has 0 aliphatic rings. The Morgan fingerprint density at radius 1 is 0.912 bits per heavy atom. The zero-order valence-electron chi connectivity index (χ0n) is 17.8. The number of halogens is 2. The summed E-state index contributed by atoms with van der Waals surface area (Å²) in [5.74, 6) is 0. The highest BCUT2D eigenvalue weighted by Crippen LogP contribution is 2.33. The van der Waals surface area contributed by atoms with Gasteiger partial charge in [0.15, 0.2) is 12.6 Å². The molecule has 0 spiro atoms. The number of nitro benzene ring substituents is 1. The van der Waals surface area contributed by atoms with Crippen molar-refractivity contribution in [3.63, 3.8) is 0 Å². The fourth-order valence-corrected chi connectivity index (χ4v) is 4.36. The van der Waals surface area contributed by atoms with Gasteiger partial charge in [-0.2, -0.15) is 0 Å². The predicted octanol–water partition coefficient (Wildman–Crippen LogP) is 6.95. The SMILES string of the molecule is Cc1ccc(-n2c(Cl)c(C=O)c3ccccc32)cc1[N+](=O)[O-].O=Cc1c(Cl)[nH]c2ccccc12. The van der Waals surface area contributed by atoms with E-state index in [1.165, 1.54) is 6.07 Å². The summed E-state index contributed by atoms with van der Waals surface area (Å²) in [5.41, 5.74) is 3.66. The summed E-state index contributed by atoms with van der Waals surface area (Å²) in [6, 6.07) is 19.6. The van der Waals surface area contributed by atoms with Crippen LogP contribution in [0, 0.1) is 17.0 Å². The van der Waals surface area contributed by atoms with Crippen molar-refractivity contribution in [1.29, 1.82) is 0 Å².